The molecule has 1 atom stereocenters. The Hall–Kier alpha value is -1.24. The lowest BCUT2D eigenvalue weighted by atomic mass is 10.0. The maximum atomic E-state index is 12.5. The number of anilines is 1. The Morgan fingerprint density at radius 3 is 2.33 bits per heavy atom. The van der Waals surface area contributed by atoms with E-state index in [0.717, 1.165) is 5.56 Å². The van der Waals surface area contributed by atoms with Crippen molar-refractivity contribution >= 4 is 59.7 Å². The molecule has 0 saturated carbocycles. The van der Waals surface area contributed by atoms with Crippen LogP contribution in [0.15, 0.2) is 42.6 Å². The molecular formula is C18H22Cl4N4O. The minimum Gasteiger partial charge on any atom is -0.352 e. The Bertz CT molecular complexity index is 739. The summed E-state index contributed by atoms with van der Waals surface area (Å²) < 4.78 is 0. The first-order valence-corrected chi connectivity index (χ1v) is 8.94. The first-order valence-electron chi connectivity index (χ1n) is 8.19. The molecule has 2 N–H and O–H groups in total. The minimum absolute atomic E-state index is 0. The van der Waals surface area contributed by atoms with Gasteiger partial charge in [0.25, 0.3) is 0 Å². The van der Waals surface area contributed by atoms with Gasteiger partial charge in [-0.25, -0.2) is 4.98 Å². The van der Waals surface area contributed by atoms with Crippen LogP contribution in [0.2, 0.25) is 10.0 Å². The number of halogens is 4. The Morgan fingerprint density at radius 1 is 1.11 bits per heavy atom. The SMILES string of the molecule is Cl.Cl.NC(CC(=O)N1CCN(c2ncc(Cl)cc2Cl)CC1)c1ccccc1. The van der Waals surface area contributed by atoms with Crippen LogP contribution in [0.5, 0.6) is 0 Å². The summed E-state index contributed by atoms with van der Waals surface area (Å²) in [7, 11) is 0. The van der Waals surface area contributed by atoms with E-state index in [9.17, 15) is 4.79 Å². The van der Waals surface area contributed by atoms with Gasteiger partial charge >= 0.3 is 0 Å². The van der Waals surface area contributed by atoms with E-state index < -0.39 is 0 Å². The highest BCUT2D eigenvalue weighted by atomic mass is 35.5. The summed E-state index contributed by atoms with van der Waals surface area (Å²) in [6, 6.07) is 11.1. The molecule has 3 rings (SSSR count). The molecule has 2 aromatic rings. The monoisotopic (exact) mass is 450 g/mol. The van der Waals surface area contributed by atoms with Gasteiger partial charge in [0.1, 0.15) is 5.82 Å². The average molecular weight is 452 g/mol. The molecule has 1 amide bonds. The second-order valence-electron chi connectivity index (χ2n) is 6.05. The zero-order chi connectivity index (χ0) is 17.8. The number of carbonyl (C=O) groups excluding carboxylic acids is 1. The molecule has 5 nitrogen and oxygen atoms in total. The molecule has 2 heterocycles. The second-order valence-corrected chi connectivity index (χ2v) is 6.89. The van der Waals surface area contributed by atoms with E-state index in [-0.39, 0.29) is 36.8 Å². The molecule has 1 aliphatic heterocycles. The van der Waals surface area contributed by atoms with Crippen LogP contribution in [0.3, 0.4) is 0 Å². The number of piperazine rings is 1. The largest absolute Gasteiger partial charge is 0.352 e. The predicted molar refractivity (Wildman–Crippen MR) is 116 cm³/mol. The van der Waals surface area contributed by atoms with Gasteiger partial charge in [-0.05, 0) is 11.6 Å². The Balaban J connectivity index is 0.00000182. The summed E-state index contributed by atoms with van der Waals surface area (Å²) in [4.78, 5) is 20.7. The van der Waals surface area contributed by atoms with Crippen molar-refractivity contribution in [2.24, 2.45) is 5.73 Å². The highest BCUT2D eigenvalue weighted by Gasteiger charge is 2.24. The van der Waals surface area contributed by atoms with Gasteiger partial charge in [0, 0.05) is 44.8 Å². The molecule has 0 aliphatic carbocycles. The number of benzene rings is 1. The van der Waals surface area contributed by atoms with E-state index in [4.69, 9.17) is 28.9 Å². The van der Waals surface area contributed by atoms with Gasteiger partial charge in [0.05, 0.1) is 10.0 Å². The van der Waals surface area contributed by atoms with Gasteiger partial charge < -0.3 is 15.5 Å². The zero-order valence-electron chi connectivity index (χ0n) is 14.6. The van der Waals surface area contributed by atoms with Crippen molar-refractivity contribution in [1.82, 2.24) is 9.88 Å². The van der Waals surface area contributed by atoms with Crippen molar-refractivity contribution in [3.05, 3.63) is 58.2 Å². The van der Waals surface area contributed by atoms with Gasteiger partial charge in [-0.1, -0.05) is 53.5 Å². The van der Waals surface area contributed by atoms with Crippen LogP contribution in [0.1, 0.15) is 18.0 Å². The molecule has 9 heteroatoms. The highest BCUT2D eigenvalue weighted by Crippen LogP contribution is 2.27. The third kappa shape index (κ3) is 6.13. The van der Waals surface area contributed by atoms with Crippen LogP contribution in [-0.2, 0) is 4.79 Å². The molecule has 0 radical (unpaired) electrons. The molecule has 1 fully saturated rings. The predicted octanol–water partition coefficient (Wildman–Crippen LogP) is 3.97. The van der Waals surface area contributed by atoms with Crippen molar-refractivity contribution in [1.29, 1.82) is 0 Å². The molecule has 1 unspecified atom stereocenters. The lowest BCUT2D eigenvalue weighted by Gasteiger charge is -2.36. The van der Waals surface area contributed by atoms with Crippen molar-refractivity contribution in [2.75, 3.05) is 31.1 Å². The summed E-state index contributed by atoms with van der Waals surface area (Å²) in [6.45, 7) is 2.61. The molecule has 0 spiro atoms. The second kappa shape index (κ2) is 10.9. The highest BCUT2D eigenvalue weighted by molar-refractivity contribution is 6.36. The first-order chi connectivity index (χ1) is 12.0. The van der Waals surface area contributed by atoms with Crippen LogP contribution in [-0.4, -0.2) is 42.0 Å². The third-order valence-electron chi connectivity index (χ3n) is 4.34. The fourth-order valence-corrected chi connectivity index (χ4v) is 3.44. The van der Waals surface area contributed by atoms with Crippen LogP contribution in [0.25, 0.3) is 0 Å². The number of amides is 1. The number of nitrogens with two attached hydrogens (primary N) is 1. The number of hydrogen-bond donors (Lipinski definition) is 1. The van der Waals surface area contributed by atoms with Crippen molar-refractivity contribution in [2.45, 2.75) is 12.5 Å². The number of rotatable bonds is 4. The van der Waals surface area contributed by atoms with Crippen molar-refractivity contribution in [3.8, 4) is 0 Å². The van der Waals surface area contributed by atoms with E-state index in [2.05, 4.69) is 9.88 Å². The van der Waals surface area contributed by atoms with Crippen LogP contribution < -0.4 is 10.6 Å². The van der Waals surface area contributed by atoms with E-state index in [1.165, 1.54) is 0 Å². The fourth-order valence-electron chi connectivity index (χ4n) is 2.94. The quantitative estimate of drug-likeness (QED) is 0.763. The molecule has 1 aliphatic rings. The van der Waals surface area contributed by atoms with Crippen molar-refractivity contribution < 1.29 is 4.79 Å². The lowest BCUT2D eigenvalue weighted by Crippen LogP contribution is -2.49. The smallest absolute Gasteiger partial charge is 0.224 e. The number of pyridine rings is 1. The molecule has 1 aromatic heterocycles. The summed E-state index contributed by atoms with van der Waals surface area (Å²) in [5, 5.41) is 1.04. The lowest BCUT2D eigenvalue weighted by molar-refractivity contribution is -0.131. The van der Waals surface area contributed by atoms with E-state index in [0.29, 0.717) is 48.5 Å². The van der Waals surface area contributed by atoms with Gasteiger partial charge in [-0.15, -0.1) is 24.8 Å². The third-order valence-corrected chi connectivity index (χ3v) is 4.83. The number of aromatic nitrogens is 1. The zero-order valence-corrected chi connectivity index (χ0v) is 17.7. The first kappa shape index (κ1) is 23.8. The van der Waals surface area contributed by atoms with E-state index >= 15 is 0 Å². The van der Waals surface area contributed by atoms with Gasteiger partial charge in [0.15, 0.2) is 0 Å². The van der Waals surface area contributed by atoms with Crippen molar-refractivity contribution in [3.63, 3.8) is 0 Å². The summed E-state index contributed by atoms with van der Waals surface area (Å²) >= 11 is 12.1. The molecule has 1 saturated heterocycles. The van der Waals surface area contributed by atoms with E-state index in [1.807, 2.05) is 35.2 Å². The minimum atomic E-state index is -0.279. The number of hydrogen-bond acceptors (Lipinski definition) is 4. The molecule has 0 bridgehead atoms. The number of nitrogens with zero attached hydrogens (tertiary/aromatic N) is 3. The van der Waals surface area contributed by atoms with E-state index in [1.54, 1.807) is 12.3 Å². The van der Waals surface area contributed by atoms with Gasteiger partial charge in [-0.3, -0.25) is 4.79 Å². The standard InChI is InChI=1S/C18H20Cl2N4O.2ClH/c19-14-10-15(20)18(22-12-14)24-8-6-23(7-9-24)17(25)11-16(21)13-4-2-1-3-5-13;;/h1-5,10,12,16H,6-9,11,21H2;2*1H. The number of carbonyl (C=O) groups is 1. The van der Waals surface area contributed by atoms with Gasteiger partial charge in [-0.2, -0.15) is 0 Å². The molecule has 27 heavy (non-hydrogen) atoms. The maximum Gasteiger partial charge on any atom is 0.224 e. The van der Waals surface area contributed by atoms with Gasteiger partial charge in [0.2, 0.25) is 5.91 Å². The Morgan fingerprint density at radius 2 is 1.74 bits per heavy atom. The van der Waals surface area contributed by atoms with Crippen LogP contribution in [0.4, 0.5) is 5.82 Å². The maximum absolute atomic E-state index is 12.5. The molecule has 1 aromatic carbocycles. The average Bonchev–Trinajstić information content (AvgIpc) is 2.62. The Labute approximate surface area is 181 Å². The normalized spacial score (nSPS) is 14.8. The van der Waals surface area contributed by atoms with Crippen LogP contribution in [0, 0.1) is 0 Å². The Kier molecular flexibility index (Phi) is 9.63. The molecular weight excluding hydrogens is 430 g/mol. The van der Waals surface area contributed by atoms with Crippen LogP contribution >= 0.6 is 48.0 Å². The summed E-state index contributed by atoms with van der Waals surface area (Å²) in [5.74, 6) is 0.783. The summed E-state index contributed by atoms with van der Waals surface area (Å²) in [6.07, 6.45) is 1.89. The molecule has 148 valence electrons. The topological polar surface area (TPSA) is 62.5 Å². The fraction of sp³-hybridized carbons (Fsp3) is 0.333. The summed E-state index contributed by atoms with van der Waals surface area (Å²) in [5.41, 5.74) is 7.14.